The molecule has 1 aliphatic carbocycles. The summed E-state index contributed by atoms with van der Waals surface area (Å²) >= 11 is 1.26. The molecule has 1 aromatic heterocycles. The second-order valence-electron chi connectivity index (χ2n) is 4.41. The Kier molecular flexibility index (Phi) is 2.88. The predicted molar refractivity (Wildman–Crippen MR) is 64.4 cm³/mol. The van der Waals surface area contributed by atoms with E-state index in [1.165, 1.54) is 24.2 Å². The summed E-state index contributed by atoms with van der Waals surface area (Å²) < 4.78 is 0. The molecule has 16 heavy (non-hydrogen) atoms. The normalized spacial score (nSPS) is 17.2. The average molecular weight is 240 g/mol. The largest absolute Gasteiger partial charge is 0.477 e. The molecule has 0 aromatic carbocycles. The summed E-state index contributed by atoms with van der Waals surface area (Å²) in [4.78, 5) is 17.7. The summed E-state index contributed by atoms with van der Waals surface area (Å²) in [6.07, 6.45) is 2.56. The van der Waals surface area contributed by atoms with E-state index in [0.717, 1.165) is 11.0 Å². The lowest BCUT2D eigenvalue weighted by Gasteiger charge is -2.23. The summed E-state index contributed by atoms with van der Waals surface area (Å²) in [5.74, 6) is -0.129. The first-order valence-electron chi connectivity index (χ1n) is 5.44. The van der Waals surface area contributed by atoms with E-state index in [1.807, 2.05) is 7.05 Å². The Hall–Kier alpha value is -1.10. The van der Waals surface area contributed by atoms with Crippen LogP contribution in [0.15, 0.2) is 0 Å². The van der Waals surface area contributed by atoms with Crippen LogP contribution < -0.4 is 4.90 Å². The highest BCUT2D eigenvalue weighted by Gasteiger charge is 2.32. The molecule has 1 atom stereocenters. The molecule has 2 rings (SSSR count). The van der Waals surface area contributed by atoms with E-state index < -0.39 is 5.97 Å². The zero-order valence-corrected chi connectivity index (χ0v) is 10.5. The van der Waals surface area contributed by atoms with Crippen molar-refractivity contribution in [2.24, 2.45) is 5.92 Å². The van der Waals surface area contributed by atoms with Crippen molar-refractivity contribution in [3.8, 4) is 0 Å². The topological polar surface area (TPSA) is 53.4 Å². The Morgan fingerprint density at radius 2 is 2.25 bits per heavy atom. The van der Waals surface area contributed by atoms with E-state index >= 15 is 0 Å². The van der Waals surface area contributed by atoms with Gasteiger partial charge in [-0.2, -0.15) is 0 Å². The van der Waals surface area contributed by atoms with Crippen LogP contribution in [0.1, 0.15) is 35.1 Å². The van der Waals surface area contributed by atoms with Crippen molar-refractivity contribution in [3.63, 3.8) is 0 Å². The molecule has 4 nitrogen and oxygen atoms in total. The van der Waals surface area contributed by atoms with Crippen molar-refractivity contribution in [2.75, 3.05) is 11.9 Å². The third kappa shape index (κ3) is 2.04. The zero-order chi connectivity index (χ0) is 11.9. The van der Waals surface area contributed by atoms with E-state index in [1.54, 1.807) is 6.92 Å². The van der Waals surface area contributed by atoms with Gasteiger partial charge in [-0.3, -0.25) is 0 Å². The molecule has 1 saturated carbocycles. The first-order valence-corrected chi connectivity index (χ1v) is 6.26. The van der Waals surface area contributed by atoms with Gasteiger partial charge in [-0.05, 0) is 32.6 Å². The van der Waals surface area contributed by atoms with Crippen LogP contribution in [0.3, 0.4) is 0 Å². The molecule has 0 spiro atoms. The standard InChI is InChI=1S/C11H16N2O2S/c1-6-9(10(14)15)16-11(12-6)13(3)7(2)8-4-5-8/h7-8H,4-5H2,1-3H3,(H,14,15). The lowest BCUT2D eigenvalue weighted by molar-refractivity contribution is 0.0701. The van der Waals surface area contributed by atoms with Gasteiger partial charge in [-0.1, -0.05) is 11.3 Å². The smallest absolute Gasteiger partial charge is 0.347 e. The van der Waals surface area contributed by atoms with Crippen LogP contribution in [0, 0.1) is 12.8 Å². The van der Waals surface area contributed by atoms with Crippen LogP contribution >= 0.6 is 11.3 Å². The number of rotatable bonds is 4. The number of anilines is 1. The minimum atomic E-state index is -0.881. The summed E-state index contributed by atoms with van der Waals surface area (Å²) in [5, 5.41) is 9.79. The predicted octanol–water partition coefficient (Wildman–Crippen LogP) is 2.38. The van der Waals surface area contributed by atoms with Crippen molar-refractivity contribution in [1.29, 1.82) is 0 Å². The lowest BCUT2D eigenvalue weighted by atomic mass is 10.2. The Morgan fingerprint density at radius 3 is 2.69 bits per heavy atom. The quantitative estimate of drug-likeness (QED) is 0.878. The second-order valence-corrected chi connectivity index (χ2v) is 5.38. The van der Waals surface area contributed by atoms with E-state index in [0.29, 0.717) is 16.6 Å². The molecule has 1 N–H and O–H groups in total. The molecule has 1 aromatic rings. The highest BCUT2D eigenvalue weighted by molar-refractivity contribution is 7.17. The van der Waals surface area contributed by atoms with Crippen molar-refractivity contribution < 1.29 is 9.90 Å². The SMILES string of the molecule is Cc1nc(N(C)C(C)C2CC2)sc1C(=O)O. The zero-order valence-electron chi connectivity index (χ0n) is 9.73. The van der Waals surface area contributed by atoms with Gasteiger partial charge >= 0.3 is 5.97 Å². The molecule has 0 aliphatic heterocycles. The molecule has 0 saturated heterocycles. The third-order valence-corrected chi connectivity index (χ3v) is 4.43. The second kappa shape index (κ2) is 4.05. The fraction of sp³-hybridized carbons (Fsp3) is 0.636. The first-order chi connectivity index (χ1) is 7.50. The maximum atomic E-state index is 10.9. The summed E-state index contributed by atoms with van der Waals surface area (Å²) in [6, 6.07) is 0.451. The number of thiazole rings is 1. The van der Waals surface area contributed by atoms with Crippen molar-refractivity contribution in [2.45, 2.75) is 32.7 Å². The molecule has 0 radical (unpaired) electrons. The van der Waals surface area contributed by atoms with Crippen molar-refractivity contribution >= 4 is 22.4 Å². The van der Waals surface area contributed by atoms with Gasteiger partial charge in [0.05, 0.1) is 5.69 Å². The maximum absolute atomic E-state index is 10.9. The van der Waals surface area contributed by atoms with Crippen molar-refractivity contribution in [3.05, 3.63) is 10.6 Å². The first kappa shape index (κ1) is 11.4. The number of aryl methyl sites for hydroxylation is 1. The van der Waals surface area contributed by atoms with E-state index in [4.69, 9.17) is 5.11 Å². The fourth-order valence-corrected chi connectivity index (χ4v) is 2.76. The molecule has 1 fully saturated rings. The van der Waals surface area contributed by atoms with Gasteiger partial charge in [0.1, 0.15) is 4.88 Å². The lowest BCUT2D eigenvalue weighted by Crippen LogP contribution is -2.30. The van der Waals surface area contributed by atoms with Gasteiger partial charge in [-0.25, -0.2) is 9.78 Å². The van der Waals surface area contributed by atoms with Gasteiger partial charge in [0, 0.05) is 13.1 Å². The van der Waals surface area contributed by atoms with Crippen molar-refractivity contribution in [1.82, 2.24) is 4.98 Å². The highest BCUT2D eigenvalue weighted by atomic mass is 32.1. The molecule has 5 heteroatoms. The van der Waals surface area contributed by atoms with E-state index in [2.05, 4.69) is 16.8 Å². The van der Waals surface area contributed by atoms with Gasteiger partial charge in [0.25, 0.3) is 0 Å². The molecule has 0 amide bonds. The number of aromatic carboxylic acids is 1. The van der Waals surface area contributed by atoms with Crippen LogP contribution in [0.25, 0.3) is 0 Å². The Labute approximate surface area is 98.9 Å². The number of aromatic nitrogens is 1. The summed E-state index contributed by atoms with van der Waals surface area (Å²) in [5.41, 5.74) is 0.613. The highest BCUT2D eigenvalue weighted by Crippen LogP contribution is 2.37. The number of nitrogens with zero attached hydrogens (tertiary/aromatic N) is 2. The Morgan fingerprint density at radius 1 is 1.62 bits per heavy atom. The monoisotopic (exact) mass is 240 g/mol. The van der Waals surface area contributed by atoms with Crippen LogP contribution in [0.5, 0.6) is 0 Å². The van der Waals surface area contributed by atoms with Crippen LogP contribution in [-0.2, 0) is 0 Å². The number of hydrogen-bond donors (Lipinski definition) is 1. The number of carbonyl (C=O) groups is 1. The molecular formula is C11H16N2O2S. The van der Waals surface area contributed by atoms with Crippen LogP contribution in [0.4, 0.5) is 5.13 Å². The minimum absolute atomic E-state index is 0.352. The summed E-state index contributed by atoms with van der Waals surface area (Å²) in [7, 11) is 1.99. The van der Waals surface area contributed by atoms with Gasteiger partial charge in [0.2, 0.25) is 0 Å². The molecule has 0 bridgehead atoms. The molecule has 1 unspecified atom stereocenters. The molecule has 1 aliphatic rings. The minimum Gasteiger partial charge on any atom is -0.477 e. The number of carboxylic acid groups (broad SMARTS) is 1. The molecular weight excluding hydrogens is 224 g/mol. The Bertz CT molecular complexity index is 412. The van der Waals surface area contributed by atoms with Gasteiger partial charge in [0.15, 0.2) is 5.13 Å². The van der Waals surface area contributed by atoms with E-state index in [-0.39, 0.29) is 0 Å². The Balaban J connectivity index is 2.19. The average Bonchev–Trinajstić information content (AvgIpc) is 2.99. The fourth-order valence-electron chi connectivity index (χ4n) is 1.80. The number of hydrogen-bond acceptors (Lipinski definition) is 4. The van der Waals surface area contributed by atoms with Gasteiger partial charge in [-0.15, -0.1) is 0 Å². The third-order valence-electron chi connectivity index (χ3n) is 3.20. The van der Waals surface area contributed by atoms with E-state index in [9.17, 15) is 4.79 Å². The molecule has 1 heterocycles. The van der Waals surface area contributed by atoms with Crippen LogP contribution in [0.2, 0.25) is 0 Å². The van der Waals surface area contributed by atoms with Crippen LogP contribution in [-0.4, -0.2) is 29.1 Å². The van der Waals surface area contributed by atoms with Gasteiger partial charge < -0.3 is 10.0 Å². The maximum Gasteiger partial charge on any atom is 0.347 e. The number of carboxylic acids is 1. The molecule has 88 valence electrons. The summed E-state index contributed by atoms with van der Waals surface area (Å²) in [6.45, 7) is 3.92.